The van der Waals surface area contributed by atoms with Crippen molar-refractivity contribution < 1.29 is 27.9 Å². The van der Waals surface area contributed by atoms with E-state index in [0.29, 0.717) is 0 Å². The number of aromatic carboxylic acids is 1. The number of nitrogens with zero attached hydrogens (tertiary/aromatic N) is 4. The summed E-state index contributed by atoms with van der Waals surface area (Å²) < 4.78 is 37.2. The highest BCUT2D eigenvalue weighted by atomic mass is 19.4. The third-order valence-corrected chi connectivity index (χ3v) is 2.67. The summed E-state index contributed by atoms with van der Waals surface area (Å²) in [5.41, 5.74) is -0.250. The maximum atomic E-state index is 12.0. The molecule has 0 saturated carbocycles. The zero-order valence-corrected chi connectivity index (χ0v) is 9.46. The first-order valence-corrected chi connectivity index (χ1v) is 5.26. The van der Waals surface area contributed by atoms with E-state index in [-0.39, 0.29) is 24.8 Å². The largest absolute Gasteiger partial charge is 0.476 e. The number of rotatable bonds is 3. The van der Waals surface area contributed by atoms with Gasteiger partial charge in [-0.2, -0.15) is 13.2 Å². The average Bonchev–Trinajstić information content (AvgIpc) is 2.61. The fourth-order valence-corrected chi connectivity index (χ4v) is 1.66. The topological polar surface area (TPSA) is 88.3 Å². The van der Waals surface area contributed by atoms with Gasteiger partial charge in [-0.15, -0.1) is 5.10 Å². The summed E-state index contributed by atoms with van der Waals surface area (Å²) in [6.07, 6.45) is -4.83. The SMILES string of the molecule is O=C(O)c1cn(C2CN(C(=O)CC(F)(F)F)C2)nn1. The Labute approximate surface area is 104 Å². The number of aromatic nitrogens is 3. The van der Waals surface area contributed by atoms with Crippen LogP contribution in [0.5, 0.6) is 0 Å². The lowest BCUT2D eigenvalue weighted by atomic mass is 10.1. The Bertz CT molecular complexity index is 507. The molecule has 104 valence electrons. The summed E-state index contributed by atoms with van der Waals surface area (Å²) in [5, 5.41) is 15.6. The summed E-state index contributed by atoms with van der Waals surface area (Å²) in [5.74, 6) is -2.24. The lowest BCUT2D eigenvalue weighted by molar-refractivity contribution is -0.165. The molecule has 10 heteroatoms. The van der Waals surface area contributed by atoms with Gasteiger partial charge in [0.05, 0.1) is 12.2 Å². The van der Waals surface area contributed by atoms with Crippen molar-refractivity contribution in [3.63, 3.8) is 0 Å². The smallest absolute Gasteiger partial charge is 0.397 e. The van der Waals surface area contributed by atoms with Crippen LogP contribution >= 0.6 is 0 Å². The lowest BCUT2D eigenvalue weighted by Crippen LogP contribution is -2.51. The van der Waals surface area contributed by atoms with Crippen LogP contribution in [0, 0.1) is 0 Å². The van der Waals surface area contributed by atoms with Crippen LogP contribution in [-0.2, 0) is 4.79 Å². The van der Waals surface area contributed by atoms with Gasteiger partial charge in [0, 0.05) is 13.1 Å². The zero-order valence-electron chi connectivity index (χ0n) is 9.46. The molecular formula is C9H9F3N4O3. The van der Waals surface area contributed by atoms with E-state index >= 15 is 0 Å². The molecule has 1 fully saturated rings. The van der Waals surface area contributed by atoms with Crippen LogP contribution < -0.4 is 0 Å². The summed E-state index contributed by atoms with van der Waals surface area (Å²) in [6, 6.07) is -0.335. The number of carbonyl (C=O) groups excluding carboxylic acids is 1. The van der Waals surface area contributed by atoms with Gasteiger partial charge in [-0.25, -0.2) is 9.48 Å². The van der Waals surface area contributed by atoms with E-state index < -0.39 is 24.5 Å². The van der Waals surface area contributed by atoms with Crippen molar-refractivity contribution in [2.75, 3.05) is 13.1 Å². The van der Waals surface area contributed by atoms with E-state index in [0.717, 1.165) is 4.90 Å². The molecular weight excluding hydrogens is 269 g/mol. The van der Waals surface area contributed by atoms with Crippen molar-refractivity contribution in [3.8, 4) is 0 Å². The van der Waals surface area contributed by atoms with Gasteiger partial charge in [-0.05, 0) is 0 Å². The molecule has 2 heterocycles. The molecule has 2 rings (SSSR count). The molecule has 0 unspecified atom stereocenters. The first kappa shape index (κ1) is 13.3. The van der Waals surface area contributed by atoms with Crippen LogP contribution in [-0.4, -0.2) is 56.1 Å². The van der Waals surface area contributed by atoms with Crippen molar-refractivity contribution in [1.82, 2.24) is 19.9 Å². The summed E-state index contributed by atoms with van der Waals surface area (Å²) >= 11 is 0. The number of carbonyl (C=O) groups is 2. The van der Waals surface area contributed by atoms with Crippen LogP contribution in [0.4, 0.5) is 13.2 Å². The number of hydrogen-bond acceptors (Lipinski definition) is 4. The molecule has 1 aliphatic heterocycles. The number of halogens is 3. The van der Waals surface area contributed by atoms with Crippen molar-refractivity contribution >= 4 is 11.9 Å². The van der Waals surface area contributed by atoms with Crippen molar-refractivity contribution in [1.29, 1.82) is 0 Å². The first-order chi connectivity index (χ1) is 8.76. The Morgan fingerprint density at radius 2 is 2.05 bits per heavy atom. The molecule has 0 bridgehead atoms. The molecule has 1 amide bonds. The maximum absolute atomic E-state index is 12.0. The molecule has 0 aromatic carbocycles. The van der Waals surface area contributed by atoms with E-state index in [1.165, 1.54) is 10.9 Å². The van der Waals surface area contributed by atoms with Gasteiger partial charge < -0.3 is 10.0 Å². The second-order valence-electron chi connectivity index (χ2n) is 4.13. The fourth-order valence-electron chi connectivity index (χ4n) is 1.66. The van der Waals surface area contributed by atoms with E-state index in [1.54, 1.807) is 0 Å². The second kappa shape index (κ2) is 4.52. The van der Waals surface area contributed by atoms with E-state index in [1.807, 2.05) is 0 Å². The van der Waals surface area contributed by atoms with Gasteiger partial charge in [0.15, 0.2) is 5.69 Å². The number of carboxylic acids is 1. The van der Waals surface area contributed by atoms with Gasteiger partial charge in [0.1, 0.15) is 6.42 Å². The molecule has 0 aliphatic carbocycles. The summed E-state index contributed by atoms with van der Waals surface area (Å²) in [7, 11) is 0. The minimum Gasteiger partial charge on any atom is -0.476 e. The first-order valence-electron chi connectivity index (χ1n) is 5.26. The molecule has 0 radical (unpaired) electrons. The van der Waals surface area contributed by atoms with Gasteiger partial charge in [-0.1, -0.05) is 5.21 Å². The van der Waals surface area contributed by atoms with Crippen molar-refractivity contribution in [2.45, 2.75) is 18.6 Å². The minimum atomic E-state index is -4.52. The van der Waals surface area contributed by atoms with E-state index in [9.17, 15) is 22.8 Å². The highest BCUT2D eigenvalue weighted by Crippen LogP contribution is 2.26. The van der Waals surface area contributed by atoms with E-state index in [4.69, 9.17) is 5.11 Å². The summed E-state index contributed by atoms with van der Waals surface area (Å²) in [4.78, 5) is 22.8. The molecule has 0 atom stereocenters. The molecule has 1 aromatic heterocycles. The van der Waals surface area contributed by atoms with Crippen molar-refractivity contribution in [2.24, 2.45) is 0 Å². The normalized spacial score (nSPS) is 16.3. The molecule has 1 aliphatic rings. The van der Waals surface area contributed by atoms with Gasteiger partial charge >= 0.3 is 12.1 Å². The molecule has 7 nitrogen and oxygen atoms in total. The highest BCUT2D eigenvalue weighted by Gasteiger charge is 2.39. The molecule has 19 heavy (non-hydrogen) atoms. The Morgan fingerprint density at radius 3 is 2.53 bits per heavy atom. The average molecular weight is 278 g/mol. The van der Waals surface area contributed by atoms with Gasteiger partial charge in [0.2, 0.25) is 5.91 Å². The quantitative estimate of drug-likeness (QED) is 0.859. The Morgan fingerprint density at radius 1 is 1.42 bits per heavy atom. The number of alkyl halides is 3. The number of likely N-dealkylation sites (tertiary alicyclic amines) is 1. The Balaban J connectivity index is 1.89. The fraction of sp³-hybridized carbons (Fsp3) is 0.556. The Hall–Kier alpha value is -2.13. The van der Waals surface area contributed by atoms with Crippen LogP contribution in [0.1, 0.15) is 23.0 Å². The molecule has 1 aromatic rings. The van der Waals surface area contributed by atoms with Crippen molar-refractivity contribution in [3.05, 3.63) is 11.9 Å². The number of carboxylic acid groups (broad SMARTS) is 1. The summed E-state index contributed by atoms with van der Waals surface area (Å²) in [6.45, 7) is 0.134. The van der Waals surface area contributed by atoms with Crippen LogP contribution in [0.25, 0.3) is 0 Å². The second-order valence-corrected chi connectivity index (χ2v) is 4.13. The molecule has 0 spiro atoms. The number of amides is 1. The highest BCUT2D eigenvalue weighted by molar-refractivity contribution is 5.84. The standard InChI is InChI=1S/C9H9F3N4O3/c10-9(11,12)1-7(17)15-2-5(3-15)16-4-6(8(18)19)13-14-16/h4-5H,1-3H2,(H,18,19). The molecule has 1 saturated heterocycles. The van der Waals surface area contributed by atoms with Crippen LogP contribution in [0.2, 0.25) is 0 Å². The van der Waals surface area contributed by atoms with Gasteiger partial charge in [-0.3, -0.25) is 4.79 Å². The predicted octanol–water partition coefficient (Wildman–Crippen LogP) is 0.312. The maximum Gasteiger partial charge on any atom is 0.397 e. The molecule has 1 N–H and O–H groups in total. The van der Waals surface area contributed by atoms with E-state index in [2.05, 4.69) is 10.3 Å². The number of hydrogen-bond donors (Lipinski definition) is 1. The third-order valence-electron chi connectivity index (χ3n) is 2.67. The lowest BCUT2D eigenvalue weighted by Gasteiger charge is -2.39. The monoisotopic (exact) mass is 278 g/mol. The minimum absolute atomic E-state index is 0.0668. The van der Waals surface area contributed by atoms with Crippen LogP contribution in [0.3, 0.4) is 0 Å². The third kappa shape index (κ3) is 3.01. The zero-order chi connectivity index (χ0) is 14.2. The van der Waals surface area contributed by atoms with Gasteiger partial charge in [0.25, 0.3) is 0 Å². The predicted molar refractivity (Wildman–Crippen MR) is 53.3 cm³/mol. The Kier molecular flexibility index (Phi) is 3.16. The van der Waals surface area contributed by atoms with Crippen LogP contribution in [0.15, 0.2) is 6.20 Å².